The van der Waals surface area contributed by atoms with Gasteiger partial charge in [0.15, 0.2) is 11.5 Å². The largest absolute Gasteiger partial charge is 0.486 e. The highest BCUT2D eigenvalue weighted by molar-refractivity contribution is 7.20. The Bertz CT molecular complexity index is 1040. The standard InChI is InChI=1S/C18H18N4O3S/c1-11-9-16(23)22-17(19-11)26-18(20-22)21-6-2-3-13(21)12-4-5-14-15(10-12)25-8-7-24-14/h4-5,9-10,13H,2-3,6-8H2,1H3/t13-/m0/s1. The van der Waals surface area contributed by atoms with Crippen molar-refractivity contribution in [1.29, 1.82) is 0 Å². The van der Waals surface area contributed by atoms with Crippen LogP contribution in [0.15, 0.2) is 29.1 Å². The van der Waals surface area contributed by atoms with E-state index in [1.165, 1.54) is 27.5 Å². The summed E-state index contributed by atoms with van der Waals surface area (Å²) >= 11 is 1.46. The van der Waals surface area contributed by atoms with Gasteiger partial charge >= 0.3 is 0 Å². The molecule has 0 aliphatic carbocycles. The molecule has 8 heteroatoms. The fourth-order valence-corrected chi connectivity index (χ4v) is 4.66. The van der Waals surface area contributed by atoms with Gasteiger partial charge in [0.25, 0.3) is 5.56 Å². The minimum absolute atomic E-state index is 0.134. The smallest absolute Gasteiger partial charge is 0.275 e. The Kier molecular flexibility index (Phi) is 3.59. The van der Waals surface area contributed by atoms with Crippen molar-refractivity contribution in [3.8, 4) is 11.5 Å². The van der Waals surface area contributed by atoms with Crippen molar-refractivity contribution < 1.29 is 9.47 Å². The van der Waals surface area contributed by atoms with Gasteiger partial charge in [0.05, 0.1) is 6.04 Å². The van der Waals surface area contributed by atoms with Gasteiger partial charge in [-0.3, -0.25) is 4.79 Å². The first-order chi connectivity index (χ1) is 12.7. The first-order valence-electron chi connectivity index (χ1n) is 8.73. The number of hydrogen-bond donors (Lipinski definition) is 0. The second-order valence-corrected chi connectivity index (χ2v) is 7.50. The molecule has 0 spiro atoms. The Morgan fingerprint density at radius 2 is 2.04 bits per heavy atom. The van der Waals surface area contributed by atoms with Gasteiger partial charge in [0.2, 0.25) is 10.1 Å². The number of aromatic nitrogens is 3. The van der Waals surface area contributed by atoms with Crippen molar-refractivity contribution in [1.82, 2.24) is 14.6 Å². The third-order valence-corrected chi connectivity index (χ3v) is 5.76. The molecule has 2 aromatic heterocycles. The molecular weight excluding hydrogens is 352 g/mol. The predicted octanol–water partition coefficient (Wildman–Crippen LogP) is 2.57. The van der Waals surface area contributed by atoms with Gasteiger partial charge in [0.1, 0.15) is 13.2 Å². The molecule has 26 heavy (non-hydrogen) atoms. The van der Waals surface area contributed by atoms with E-state index >= 15 is 0 Å². The summed E-state index contributed by atoms with van der Waals surface area (Å²) in [6.07, 6.45) is 2.12. The number of benzene rings is 1. The zero-order valence-corrected chi connectivity index (χ0v) is 15.2. The number of aryl methyl sites for hydroxylation is 1. The van der Waals surface area contributed by atoms with Gasteiger partial charge < -0.3 is 14.4 Å². The molecule has 1 aromatic carbocycles. The molecule has 0 saturated carbocycles. The SMILES string of the molecule is Cc1cc(=O)n2nc(N3CCC[C@H]3c3ccc4c(c3)OCCO4)sc2n1. The monoisotopic (exact) mass is 370 g/mol. The van der Waals surface area contributed by atoms with Gasteiger partial charge in [-0.1, -0.05) is 17.4 Å². The molecule has 4 heterocycles. The lowest BCUT2D eigenvalue weighted by Gasteiger charge is -2.25. The van der Waals surface area contributed by atoms with Gasteiger partial charge in [-0.25, -0.2) is 4.98 Å². The van der Waals surface area contributed by atoms with E-state index in [4.69, 9.17) is 9.47 Å². The molecule has 1 atom stereocenters. The summed E-state index contributed by atoms with van der Waals surface area (Å²) in [5.74, 6) is 1.61. The second kappa shape index (κ2) is 5.98. The number of rotatable bonds is 2. The number of anilines is 1. The Morgan fingerprint density at radius 1 is 1.19 bits per heavy atom. The lowest BCUT2D eigenvalue weighted by Crippen LogP contribution is -2.23. The van der Waals surface area contributed by atoms with Crippen LogP contribution in [0.25, 0.3) is 4.96 Å². The van der Waals surface area contributed by atoms with E-state index in [1.54, 1.807) is 0 Å². The van der Waals surface area contributed by atoms with Crippen molar-refractivity contribution in [3.63, 3.8) is 0 Å². The van der Waals surface area contributed by atoms with Gasteiger partial charge in [-0.2, -0.15) is 4.52 Å². The number of hydrogen-bond acceptors (Lipinski definition) is 7. The lowest BCUT2D eigenvalue weighted by molar-refractivity contribution is 0.171. The topological polar surface area (TPSA) is 69.0 Å². The van der Waals surface area contributed by atoms with Crippen LogP contribution in [0.4, 0.5) is 5.13 Å². The quantitative estimate of drug-likeness (QED) is 0.691. The van der Waals surface area contributed by atoms with E-state index in [0.717, 1.165) is 41.7 Å². The fourth-order valence-electron chi connectivity index (χ4n) is 3.64. The van der Waals surface area contributed by atoms with E-state index in [9.17, 15) is 4.79 Å². The Labute approximate surface area is 153 Å². The van der Waals surface area contributed by atoms with Gasteiger partial charge in [-0.15, -0.1) is 5.10 Å². The van der Waals surface area contributed by atoms with E-state index in [2.05, 4.69) is 27.1 Å². The summed E-state index contributed by atoms with van der Waals surface area (Å²) in [5.41, 5.74) is 1.77. The summed E-state index contributed by atoms with van der Waals surface area (Å²) in [7, 11) is 0. The van der Waals surface area contributed by atoms with Crippen LogP contribution in [-0.4, -0.2) is 34.4 Å². The third-order valence-electron chi connectivity index (χ3n) is 4.81. The van der Waals surface area contributed by atoms with Crippen LogP contribution in [0, 0.1) is 6.92 Å². The summed E-state index contributed by atoms with van der Waals surface area (Å²) in [6, 6.07) is 7.87. The molecule has 5 rings (SSSR count). The molecule has 0 amide bonds. The number of nitrogens with zero attached hydrogens (tertiary/aromatic N) is 4. The third kappa shape index (κ3) is 2.52. The molecule has 0 radical (unpaired) electrons. The van der Waals surface area contributed by atoms with Crippen LogP contribution >= 0.6 is 11.3 Å². The van der Waals surface area contributed by atoms with E-state index < -0.39 is 0 Å². The van der Waals surface area contributed by atoms with Crippen molar-refractivity contribution in [2.24, 2.45) is 0 Å². The highest BCUT2D eigenvalue weighted by Gasteiger charge is 2.30. The molecule has 0 bridgehead atoms. The summed E-state index contributed by atoms with van der Waals surface area (Å²) in [5, 5.41) is 5.36. The van der Waals surface area contributed by atoms with Crippen molar-refractivity contribution in [2.75, 3.05) is 24.7 Å². The molecule has 3 aromatic rings. The molecule has 2 aliphatic heterocycles. The molecule has 0 N–H and O–H groups in total. The second-order valence-electron chi connectivity index (χ2n) is 6.57. The molecule has 2 aliphatic rings. The number of fused-ring (bicyclic) bond motifs is 2. The molecule has 134 valence electrons. The maximum Gasteiger partial charge on any atom is 0.275 e. The summed E-state index contributed by atoms with van der Waals surface area (Å²) in [6.45, 7) is 3.91. The maximum atomic E-state index is 12.2. The minimum Gasteiger partial charge on any atom is -0.486 e. The van der Waals surface area contributed by atoms with Gasteiger partial charge in [0, 0.05) is 18.3 Å². The molecule has 1 saturated heterocycles. The van der Waals surface area contributed by atoms with Crippen LogP contribution in [0.5, 0.6) is 11.5 Å². The minimum atomic E-state index is -0.134. The highest BCUT2D eigenvalue weighted by Crippen LogP contribution is 2.41. The molecular formula is C18H18N4O3S. The molecule has 1 fully saturated rings. The first kappa shape index (κ1) is 15.6. The predicted molar refractivity (Wildman–Crippen MR) is 98.6 cm³/mol. The zero-order valence-electron chi connectivity index (χ0n) is 14.3. The normalized spacial score (nSPS) is 19.3. The molecule has 7 nitrogen and oxygen atoms in total. The van der Waals surface area contributed by atoms with Gasteiger partial charge in [-0.05, 0) is 37.5 Å². The van der Waals surface area contributed by atoms with Crippen LogP contribution in [0.1, 0.15) is 30.1 Å². The summed E-state index contributed by atoms with van der Waals surface area (Å²) < 4.78 is 12.7. The van der Waals surface area contributed by atoms with Crippen LogP contribution in [0.3, 0.4) is 0 Å². The van der Waals surface area contributed by atoms with E-state index in [-0.39, 0.29) is 11.6 Å². The first-order valence-corrected chi connectivity index (χ1v) is 9.54. The van der Waals surface area contributed by atoms with Crippen LogP contribution in [-0.2, 0) is 0 Å². The average molecular weight is 370 g/mol. The number of ether oxygens (including phenoxy) is 2. The lowest BCUT2D eigenvalue weighted by atomic mass is 10.0. The fraction of sp³-hybridized carbons (Fsp3) is 0.389. The Hall–Kier alpha value is -2.61. The summed E-state index contributed by atoms with van der Waals surface area (Å²) in [4.78, 5) is 19.5. The maximum absolute atomic E-state index is 12.2. The van der Waals surface area contributed by atoms with E-state index in [0.29, 0.717) is 18.2 Å². The average Bonchev–Trinajstić information content (AvgIpc) is 3.28. The zero-order chi connectivity index (χ0) is 17.7. The Morgan fingerprint density at radius 3 is 2.92 bits per heavy atom. The van der Waals surface area contributed by atoms with Crippen LogP contribution < -0.4 is 19.9 Å². The van der Waals surface area contributed by atoms with Crippen LogP contribution in [0.2, 0.25) is 0 Å². The Balaban J connectivity index is 1.53. The van der Waals surface area contributed by atoms with E-state index in [1.807, 2.05) is 13.0 Å². The van der Waals surface area contributed by atoms with Crippen molar-refractivity contribution in [2.45, 2.75) is 25.8 Å². The molecule has 0 unspecified atom stereocenters. The highest BCUT2D eigenvalue weighted by atomic mass is 32.1. The van der Waals surface area contributed by atoms with Crippen molar-refractivity contribution in [3.05, 3.63) is 45.9 Å². The van der Waals surface area contributed by atoms with Crippen molar-refractivity contribution >= 4 is 21.4 Å².